The van der Waals surface area contributed by atoms with Crippen molar-refractivity contribution in [3.05, 3.63) is 17.7 Å². The number of benzene rings is 1. The Labute approximate surface area is 149 Å². The Bertz CT molecular complexity index is 591. The molecule has 1 aromatic rings. The highest BCUT2D eigenvalue weighted by atomic mass is 35.5. The highest BCUT2D eigenvalue weighted by Crippen LogP contribution is 2.38. The largest absolute Gasteiger partial charge is 0.493 e. The predicted octanol–water partition coefficient (Wildman–Crippen LogP) is 0.313. The first-order chi connectivity index (χ1) is 11.2. The fourth-order valence-corrected chi connectivity index (χ4v) is 1.68. The van der Waals surface area contributed by atoms with Crippen molar-refractivity contribution in [2.45, 2.75) is 5.92 Å². The van der Waals surface area contributed by atoms with E-state index in [-0.39, 0.29) is 35.2 Å². The number of rotatable bonds is 9. The summed E-state index contributed by atoms with van der Waals surface area (Å²) in [6, 6.07) is 2.52. The summed E-state index contributed by atoms with van der Waals surface area (Å²) < 4.78 is 41.5. The molecule has 5 N–H and O–H groups in total. The molecular formula is C14H20ClF2N3O5. The molecular weight excluding hydrogens is 364 g/mol. The summed E-state index contributed by atoms with van der Waals surface area (Å²) in [5, 5.41) is 2.07. The summed E-state index contributed by atoms with van der Waals surface area (Å²) in [5.74, 6) is -4.50. The number of carbonyl (C=O) groups is 2. The van der Waals surface area contributed by atoms with E-state index >= 15 is 0 Å². The molecule has 2 amide bonds. The molecule has 0 atom stereocenters. The number of nitrogens with two attached hydrogens (primary N) is 2. The van der Waals surface area contributed by atoms with Crippen molar-refractivity contribution in [2.24, 2.45) is 11.5 Å². The molecule has 1 rings (SSSR count). The zero-order valence-electron chi connectivity index (χ0n) is 13.6. The molecule has 1 aromatic carbocycles. The van der Waals surface area contributed by atoms with E-state index in [1.165, 1.54) is 26.4 Å². The first kappa shape index (κ1) is 22.7. The zero-order valence-corrected chi connectivity index (χ0v) is 14.5. The number of methoxy groups -OCH3 is 2. The number of alkyl halides is 2. The maximum atomic E-state index is 13.1. The molecule has 0 saturated carbocycles. The van der Waals surface area contributed by atoms with E-state index in [0.717, 1.165) is 0 Å². The van der Waals surface area contributed by atoms with Crippen LogP contribution in [0.25, 0.3) is 0 Å². The van der Waals surface area contributed by atoms with Gasteiger partial charge in [-0.2, -0.15) is 0 Å². The maximum absolute atomic E-state index is 13.1. The Kier molecular flexibility index (Phi) is 8.93. The van der Waals surface area contributed by atoms with Gasteiger partial charge in [0.1, 0.15) is 0 Å². The van der Waals surface area contributed by atoms with E-state index in [0.29, 0.717) is 0 Å². The number of hydrogen-bond acceptors (Lipinski definition) is 6. The van der Waals surface area contributed by atoms with Crippen LogP contribution in [0.1, 0.15) is 10.4 Å². The summed E-state index contributed by atoms with van der Waals surface area (Å²) in [6.45, 7) is -2.23. The highest BCUT2D eigenvalue weighted by molar-refractivity contribution is 5.95. The number of ether oxygens (including phenoxy) is 3. The lowest BCUT2D eigenvalue weighted by Crippen LogP contribution is -2.41. The summed E-state index contributed by atoms with van der Waals surface area (Å²) >= 11 is 0. The molecule has 0 aliphatic rings. The summed E-state index contributed by atoms with van der Waals surface area (Å²) in [4.78, 5) is 22.8. The fourth-order valence-electron chi connectivity index (χ4n) is 1.68. The third kappa shape index (κ3) is 6.59. The quantitative estimate of drug-likeness (QED) is 0.563. The van der Waals surface area contributed by atoms with E-state index in [4.69, 9.17) is 25.7 Å². The second-order valence-electron chi connectivity index (χ2n) is 4.71. The average Bonchev–Trinajstić information content (AvgIpc) is 2.56. The van der Waals surface area contributed by atoms with E-state index < -0.39 is 37.4 Å². The summed E-state index contributed by atoms with van der Waals surface area (Å²) in [7, 11) is 2.60. The Hall–Kier alpha value is -2.33. The molecule has 142 valence electrons. The van der Waals surface area contributed by atoms with Gasteiger partial charge >= 0.3 is 0 Å². The number of carbonyl (C=O) groups excluding carboxylic acids is 2. The van der Waals surface area contributed by atoms with Crippen molar-refractivity contribution in [1.29, 1.82) is 0 Å². The molecule has 0 bridgehead atoms. The number of hydrogen-bond donors (Lipinski definition) is 3. The molecule has 0 heterocycles. The van der Waals surface area contributed by atoms with Gasteiger partial charge in [-0.25, -0.2) is 8.78 Å². The zero-order chi connectivity index (χ0) is 18.3. The third-order valence-electron chi connectivity index (χ3n) is 2.89. The van der Waals surface area contributed by atoms with Crippen LogP contribution in [0.3, 0.4) is 0 Å². The SMILES string of the molecule is COc1cc(C(=O)NCC(F)(F)CN)cc(OC)c1OCC(N)=O.Cl. The van der Waals surface area contributed by atoms with Crippen molar-refractivity contribution >= 4 is 24.2 Å². The lowest BCUT2D eigenvalue weighted by molar-refractivity contribution is -0.120. The Morgan fingerprint density at radius 2 is 1.72 bits per heavy atom. The van der Waals surface area contributed by atoms with Crippen LogP contribution in [0.15, 0.2) is 12.1 Å². The van der Waals surface area contributed by atoms with E-state index in [1.807, 2.05) is 0 Å². The normalized spacial score (nSPS) is 10.4. The average molecular weight is 384 g/mol. The number of nitrogens with one attached hydrogen (secondary N) is 1. The van der Waals surface area contributed by atoms with Crippen molar-refractivity contribution in [1.82, 2.24) is 5.32 Å². The number of amides is 2. The lowest BCUT2D eigenvalue weighted by Gasteiger charge is -2.17. The van der Waals surface area contributed by atoms with Crippen molar-refractivity contribution in [3.63, 3.8) is 0 Å². The van der Waals surface area contributed by atoms with Crippen molar-refractivity contribution in [2.75, 3.05) is 33.9 Å². The maximum Gasteiger partial charge on any atom is 0.277 e. The topological polar surface area (TPSA) is 126 Å². The van der Waals surface area contributed by atoms with Crippen molar-refractivity contribution < 1.29 is 32.6 Å². The standard InChI is InChI=1S/C14H19F2N3O5.ClH/c1-22-9-3-8(13(21)19-7-14(15,16)6-17)4-10(23-2)12(9)24-5-11(18)20;/h3-4H,5-7,17H2,1-2H3,(H2,18,20)(H,19,21);1H. The molecule has 0 fully saturated rings. The molecule has 0 unspecified atom stereocenters. The van der Waals surface area contributed by atoms with Crippen LogP contribution in [-0.4, -0.2) is 51.7 Å². The summed E-state index contributed by atoms with van der Waals surface area (Å²) in [6.07, 6.45) is 0. The van der Waals surface area contributed by atoms with Crippen LogP contribution in [0.4, 0.5) is 8.78 Å². The Morgan fingerprint density at radius 3 is 2.12 bits per heavy atom. The Morgan fingerprint density at radius 1 is 1.20 bits per heavy atom. The number of halogens is 3. The monoisotopic (exact) mass is 383 g/mol. The minimum absolute atomic E-state index is 0. The van der Waals surface area contributed by atoms with E-state index in [9.17, 15) is 18.4 Å². The fraction of sp³-hybridized carbons (Fsp3) is 0.429. The minimum atomic E-state index is -3.21. The second kappa shape index (κ2) is 9.84. The van der Waals surface area contributed by atoms with Gasteiger partial charge in [-0.3, -0.25) is 9.59 Å². The van der Waals surface area contributed by atoms with Crippen LogP contribution in [-0.2, 0) is 4.79 Å². The van der Waals surface area contributed by atoms with Gasteiger partial charge in [0.15, 0.2) is 18.1 Å². The van der Waals surface area contributed by atoms with Gasteiger partial charge in [-0.15, -0.1) is 12.4 Å². The van der Waals surface area contributed by atoms with E-state index in [1.54, 1.807) is 0 Å². The van der Waals surface area contributed by atoms with Crippen molar-refractivity contribution in [3.8, 4) is 17.2 Å². The molecule has 0 aromatic heterocycles. The summed E-state index contributed by atoms with van der Waals surface area (Å²) in [5.41, 5.74) is 9.91. The van der Waals surface area contributed by atoms with Gasteiger partial charge in [0.05, 0.1) is 27.3 Å². The second-order valence-corrected chi connectivity index (χ2v) is 4.71. The highest BCUT2D eigenvalue weighted by Gasteiger charge is 2.28. The molecule has 0 radical (unpaired) electrons. The molecule has 0 aliphatic carbocycles. The van der Waals surface area contributed by atoms with Gasteiger partial charge in [0.2, 0.25) is 5.75 Å². The van der Waals surface area contributed by atoms with Crippen LogP contribution >= 0.6 is 12.4 Å². The first-order valence-electron chi connectivity index (χ1n) is 6.77. The Balaban J connectivity index is 0.00000576. The van der Waals surface area contributed by atoms with Gasteiger partial charge in [-0.1, -0.05) is 0 Å². The molecule has 11 heteroatoms. The molecule has 8 nitrogen and oxygen atoms in total. The van der Waals surface area contributed by atoms with Crippen LogP contribution in [0.2, 0.25) is 0 Å². The first-order valence-corrected chi connectivity index (χ1v) is 6.77. The van der Waals surface area contributed by atoms with Crippen LogP contribution in [0.5, 0.6) is 17.2 Å². The van der Waals surface area contributed by atoms with Gasteiger partial charge in [0.25, 0.3) is 17.7 Å². The predicted molar refractivity (Wildman–Crippen MR) is 87.8 cm³/mol. The number of primary amides is 1. The van der Waals surface area contributed by atoms with E-state index in [2.05, 4.69) is 5.32 Å². The molecule has 0 saturated heterocycles. The van der Waals surface area contributed by atoms with Gasteiger partial charge in [-0.05, 0) is 12.1 Å². The minimum Gasteiger partial charge on any atom is -0.493 e. The third-order valence-corrected chi connectivity index (χ3v) is 2.89. The van der Waals surface area contributed by atoms with Crippen LogP contribution < -0.4 is 31.0 Å². The van der Waals surface area contributed by atoms with Gasteiger partial charge in [0, 0.05) is 5.56 Å². The van der Waals surface area contributed by atoms with Crippen LogP contribution in [0, 0.1) is 0 Å². The molecule has 25 heavy (non-hydrogen) atoms. The smallest absolute Gasteiger partial charge is 0.277 e. The lowest BCUT2D eigenvalue weighted by atomic mass is 10.1. The molecule has 0 spiro atoms. The van der Waals surface area contributed by atoms with Gasteiger partial charge < -0.3 is 31.0 Å². The molecule has 0 aliphatic heterocycles.